The predicted octanol–water partition coefficient (Wildman–Crippen LogP) is 4.48. The predicted molar refractivity (Wildman–Crippen MR) is 129 cm³/mol. The van der Waals surface area contributed by atoms with Gasteiger partial charge in [-0.3, -0.25) is 4.99 Å². The van der Waals surface area contributed by atoms with E-state index in [9.17, 15) is 0 Å². The number of aromatic amines is 1. The van der Waals surface area contributed by atoms with E-state index in [1.54, 1.807) is 7.11 Å². The molecule has 6 heteroatoms. The first-order chi connectivity index (χ1) is 13.2. The summed E-state index contributed by atoms with van der Waals surface area (Å²) in [5.41, 5.74) is 2.79. The van der Waals surface area contributed by atoms with Crippen molar-refractivity contribution in [2.45, 2.75) is 45.4 Å². The maximum atomic E-state index is 5.34. The Kier molecular flexibility index (Phi) is 9.58. The molecule has 1 heterocycles. The fraction of sp³-hybridized carbons (Fsp3) is 0.591. The number of methoxy groups -OCH3 is 1. The van der Waals surface area contributed by atoms with Crippen molar-refractivity contribution >= 4 is 40.8 Å². The van der Waals surface area contributed by atoms with E-state index in [0.717, 1.165) is 45.0 Å². The number of aromatic nitrogens is 1. The lowest BCUT2D eigenvalue weighted by Gasteiger charge is -2.27. The van der Waals surface area contributed by atoms with Crippen molar-refractivity contribution in [2.24, 2.45) is 10.4 Å². The average Bonchev–Trinajstić information content (AvgIpc) is 3.31. The highest BCUT2D eigenvalue weighted by Gasteiger charge is 2.33. The molecule has 0 atom stereocenters. The van der Waals surface area contributed by atoms with Crippen LogP contribution in [0.3, 0.4) is 0 Å². The number of hydrogen-bond acceptors (Lipinski definition) is 2. The number of halogens is 1. The van der Waals surface area contributed by atoms with Crippen LogP contribution >= 0.6 is 24.0 Å². The van der Waals surface area contributed by atoms with Crippen LogP contribution in [0, 0.1) is 5.41 Å². The standard InChI is InChI=1S/C22H34N4O.HI/c1-3-23-21(25-17-22(13-15-27-2)11-6-7-12-22)24-14-10-19-16-18-8-4-5-9-20(18)26-19;/h4-5,8-9,16,26H,3,6-7,10-15,17H2,1-2H3,(H2,23,24,25);1H. The zero-order chi connectivity index (χ0) is 19.0. The van der Waals surface area contributed by atoms with Crippen molar-refractivity contribution in [3.63, 3.8) is 0 Å². The SMILES string of the molecule is CCNC(=NCC1(CCOC)CCCC1)NCCc1cc2ccccc2[nH]1.I. The van der Waals surface area contributed by atoms with Gasteiger partial charge in [0.05, 0.1) is 0 Å². The van der Waals surface area contributed by atoms with Crippen LogP contribution < -0.4 is 10.6 Å². The molecular formula is C22H35IN4O. The second-order valence-corrected chi connectivity index (χ2v) is 7.70. The summed E-state index contributed by atoms with van der Waals surface area (Å²) in [5.74, 6) is 0.928. The number of nitrogens with zero attached hydrogens (tertiary/aromatic N) is 1. The Morgan fingerprint density at radius 1 is 1.21 bits per heavy atom. The van der Waals surface area contributed by atoms with Crippen LogP contribution in [0.2, 0.25) is 0 Å². The Morgan fingerprint density at radius 2 is 2.00 bits per heavy atom. The van der Waals surface area contributed by atoms with Crippen LogP contribution in [0.4, 0.5) is 0 Å². The maximum absolute atomic E-state index is 5.34. The molecule has 0 radical (unpaired) electrons. The van der Waals surface area contributed by atoms with Gasteiger partial charge in [-0.2, -0.15) is 0 Å². The summed E-state index contributed by atoms with van der Waals surface area (Å²) in [5, 5.41) is 8.16. The van der Waals surface area contributed by atoms with Gasteiger partial charge in [0.2, 0.25) is 0 Å². The number of para-hydroxylation sites is 1. The Bertz CT molecular complexity index is 704. The van der Waals surface area contributed by atoms with Crippen molar-refractivity contribution in [3.05, 3.63) is 36.0 Å². The number of nitrogens with one attached hydrogen (secondary N) is 3. The number of H-pyrrole nitrogens is 1. The third-order valence-corrected chi connectivity index (χ3v) is 5.69. The van der Waals surface area contributed by atoms with E-state index < -0.39 is 0 Å². The van der Waals surface area contributed by atoms with E-state index >= 15 is 0 Å². The van der Waals surface area contributed by atoms with Crippen LogP contribution in [-0.2, 0) is 11.2 Å². The van der Waals surface area contributed by atoms with Crippen LogP contribution in [-0.4, -0.2) is 44.3 Å². The molecule has 2 aromatic rings. The summed E-state index contributed by atoms with van der Waals surface area (Å²) in [6.45, 7) is 5.58. The van der Waals surface area contributed by atoms with Crippen molar-refractivity contribution in [1.82, 2.24) is 15.6 Å². The lowest BCUT2D eigenvalue weighted by atomic mass is 9.83. The monoisotopic (exact) mass is 498 g/mol. The molecule has 1 aliphatic carbocycles. The summed E-state index contributed by atoms with van der Waals surface area (Å²) < 4.78 is 5.34. The van der Waals surface area contributed by atoms with Gasteiger partial charge in [-0.25, -0.2) is 0 Å². The first-order valence-electron chi connectivity index (χ1n) is 10.3. The third-order valence-electron chi connectivity index (χ3n) is 5.69. The molecule has 1 aromatic heterocycles. The van der Waals surface area contributed by atoms with Crippen molar-refractivity contribution < 1.29 is 4.74 Å². The van der Waals surface area contributed by atoms with Gasteiger partial charge in [-0.05, 0) is 49.1 Å². The molecule has 5 nitrogen and oxygen atoms in total. The number of benzene rings is 1. The zero-order valence-electron chi connectivity index (χ0n) is 17.2. The van der Waals surface area contributed by atoms with Crippen LogP contribution in [0.25, 0.3) is 10.9 Å². The quantitative estimate of drug-likeness (QED) is 0.272. The molecule has 3 N–H and O–H groups in total. The van der Waals surface area contributed by atoms with Crippen LogP contribution in [0.5, 0.6) is 0 Å². The van der Waals surface area contributed by atoms with Gasteiger partial charge in [0.1, 0.15) is 0 Å². The summed E-state index contributed by atoms with van der Waals surface area (Å²) in [7, 11) is 1.79. The minimum Gasteiger partial charge on any atom is -0.385 e. The maximum Gasteiger partial charge on any atom is 0.191 e. The first kappa shape index (κ1) is 23.0. The topological polar surface area (TPSA) is 61.4 Å². The molecular weight excluding hydrogens is 463 g/mol. The number of ether oxygens (including phenoxy) is 1. The Morgan fingerprint density at radius 3 is 2.71 bits per heavy atom. The van der Waals surface area contributed by atoms with Crippen LogP contribution in [0.1, 0.15) is 44.7 Å². The van der Waals surface area contributed by atoms with Gasteiger partial charge in [0.25, 0.3) is 0 Å². The van der Waals surface area contributed by atoms with Gasteiger partial charge >= 0.3 is 0 Å². The van der Waals surface area contributed by atoms with E-state index in [-0.39, 0.29) is 24.0 Å². The van der Waals surface area contributed by atoms with Gasteiger partial charge in [0.15, 0.2) is 5.96 Å². The van der Waals surface area contributed by atoms with E-state index in [4.69, 9.17) is 9.73 Å². The van der Waals surface area contributed by atoms with Gasteiger partial charge < -0.3 is 20.4 Å². The normalized spacial score (nSPS) is 16.1. The minimum atomic E-state index is 0. The molecule has 0 saturated heterocycles. The molecule has 28 heavy (non-hydrogen) atoms. The molecule has 1 fully saturated rings. The molecule has 0 spiro atoms. The summed E-state index contributed by atoms with van der Waals surface area (Å²) in [4.78, 5) is 8.42. The number of aliphatic imine (C=N–C) groups is 1. The number of hydrogen-bond donors (Lipinski definition) is 3. The molecule has 0 bridgehead atoms. The molecule has 1 saturated carbocycles. The second-order valence-electron chi connectivity index (χ2n) is 7.70. The molecule has 0 amide bonds. The van der Waals surface area contributed by atoms with Crippen molar-refractivity contribution in [1.29, 1.82) is 0 Å². The molecule has 156 valence electrons. The second kappa shape index (κ2) is 11.7. The summed E-state index contributed by atoms with van der Waals surface area (Å²) >= 11 is 0. The van der Waals surface area contributed by atoms with Crippen LogP contribution in [0.15, 0.2) is 35.3 Å². The highest BCUT2D eigenvalue weighted by molar-refractivity contribution is 14.0. The molecule has 1 aromatic carbocycles. The number of fused-ring (bicyclic) bond motifs is 1. The highest BCUT2D eigenvalue weighted by atomic mass is 127. The van der Waals surface area contributed by atoms with Gasteiger partial charge in [-0.1, -0.05) is 31.0 Å². The summed E-state index contributed by atoms with van der Waals surface area (Å²) in [6.07, 6.45) is 7.26. The summed E-state index contributed by atoms with van der Waals surface area (Å²) in [6, 6.07) is 10.7. The van der Waals surface area contributed by atoms with E-state index in [1.165, 1.54) is 42.3 Å². The fourth-order valence-corrected chi connectivity index (χ4v) is 4.10. The van der Waals surface area contributed by atoms with Crippen molar-refractivity contribution in [3.8, 4) is 0 Å². The molecule has 1 aliphatic rings. The molecule has 3 rings (SSSR count). The average molecular weight is 498 g/mol. The number of rotatable bonds is 9. The van der Waals surface area contributed by atoms with Gasteiger partial charge in [-0.15, -0.1) is 24.0 Å². The third kappa shape index (κ3) is 6.37. The highest BCUT2D eigenvalue weighted by Crippen LogP contribution is 2.41. The largest absolute Gasteiger partial charge is 0.385 e. The minimum absolute atomic E-state index is 0. The van der Waals surface area contributed by atoms with Crippen molar-refractivity contribution in [2.75, 3.05) is 33.4 Å². The van der Waals surface area contributed by atoms with E-state index in [1.807, 2.05) is 0 Å². The Balaban J connectivity index is 0.00000280. The van der Waals surface area contributed by atoms with Gasteiger partial charge in [0, 0.05) is 51.0 Å². The number of guanidine groups is 1. The smallest absolute Gasteiger partial charge is 0.191 e. The fourth-order valence-electron chi connectivity index (χ4n) is 4.10. The van der Waals surface area contributed by atoms with E-state index in [0.29, 0.717) is 5.41 Å². The molecule has 0 unspecified atom stereocenters. The molecule has 0 aliphatic heterocycles. The Hall–Kier alpha value is -1.28. The lowest BCUT2D eigenvalue weighted by Crippen LogP contribution is -2.39. The first-order valence-corrected chi connectivity index (χ1v) is 10.3. The Labute approximate surface area is 186 Å². The lowest BCUT2D eigenvalue weighted by molar-refractivity contribution is 0.141. The van der Waals surface area contributed by atoms with E-state index in [2.05, 4.69) is 52.9 Å². The zero-order valence-corrected chi connectivity index (χ0v) is 19.6.